The Hall–Kier alpha value is -4.11. The van der Waals surface area contributed by atoms with Gasteiger partial charge in [0, 0.05) is 11.3 Å². The maximum atomic E-state index is 13.1. The van der Waals surface area contributed by atoms with Crippen molar-refractivity contribution in [2.24, 2.45) is 0 Å². The van der Waals surface area contributed by atoms with Gasteiger partial charge in [-0.25, -0.2) is 4.98 Å². The summed E-state index contributed by atoms with van der Waals surface area (Å²) in [5, 5.41) is 5.68. The van der Waals surface area contributed by atoms with E-state index in [0.717, 1.165) is 16.9 Å². The number of aromatic nitrogens is 2. The summed E-state index contributed by atoms with van der Waals surface area (Å²) in [5.41, 5.74) is 4.05. The van der Waals surface area contributed by atoms with Crippen LogP contribution in [0.1, 0.15) is 16.2 Å². The Balaban J connectivity index is 1.30. The number of imidazole rings is 1. The SMILES string of the molecule is CSCc1nc2ccccc2n1CC(=O)Nc1ccc(C(=O)N2CC(=O)Nc3ccccc32)cc1. The lowest BCUT2D eigenvalue weighted by atomic mass is 10.1. The zero-order valence-corrected chi connectivity index (χ0v) is 19.8. The predicted octanol–water partition coefficient (Wildman–Crippen LogP) is 4.14. The van der Waals surface area contributed by atoms with Gasteiger partial charge < -0.3 is 15.2 Å². The van der Waals surface area contributed by atoms with Crippen molar-refractivity contribution in [3.8, 4) is 0 Å². The van der Waals surface area contributed by atoms with Crippen molar-refractivity contribution in [3.05, 3.63) is 84.2 Å². The molecule has 0 saturated heterocycles. The molecule has 1 aliphatic rings. The molecule has 176 valence electrons. The monoisotopic (exact) mass is 485 g/mol. The molecular weight excluding hydrogens is 462 g/mol. The fourth-order valence-corrected chi connectivity index (χ4v) is 4.63. The van der Waals surface area contributed by atoms with Crippen molar-refractivity contribution in [1.82, 2.24) is 9.55 Å². The molecule has 2 heterocycles. The molecule has 0 radical (unpaired) electrons. The largest absolute Gasteiger partial charge is 0.325 e. The van der Waals surface area contributed by atoms with Crippen molar-refractivity contribution in [3.63, 3.8) is 0 Å². The van der Waals surface area contributed by atoms with Crippen LogP contribution in [-0.2, 0) is 21.9 Å². The highest BCUT2D eigenvalue weighted by Gasteiger charge is 2.27. The van der Waals surface area contributed by atoms with Crippen molar-refractivity contribution >= 4 is 57.6 Å². The van der Waals surface area contributed by atoms with Crippen LogP contribution < -0.4 is 15.5 Å². The molecule has 2 N–H and O–H groups in total. The highest BCUT2D eigenvalue weighted by molar-refractivity contribution is 7.97. The maximum absolute atomic E-state index is 13.1. The van der Waals surface area contributed by atoms with Crippen LogP contribution in [0.4, 0.5) is 17.1 Å². The molecule has 1 aliphatic heterocycles. The predicted molar refractivity (Wildman–Crippen MR) is 139 cm³/mol. The van der Waals surface area contributed by atoms with E-state index in [1.807, 2.05) is 41.2 Å². The quantitative estimate of drug-likeness (QED) is 0.428. The summed E-state index contributed by atoms with van der Waals surface area (Å²) in [5.74, 6) is 0.846. The lowest BCUT2D eigenvalue weighted by Crippen LogP contribution is -2.42. The third-order valence-electron chi connectivity index (χ3n) is 5.74. The van der Waals surface area contributed by atoms with Gasteiger partial charge in [0.1, 0.15) is 18.9 Å². The molecule has 0 bridgehead atoms. The minimum Gasteiger partial charge on any atom is -0.325 e. The minimum atomic E-state index is -0.281. The lowest BCUT2D eigenvalue weighted by molar-refractivity contribution is -0.117. The van der Waals surface area contributed by atoms with E-state index in [1.165, 1.54) is 4.90 Å². The summed E-state index contributed by atoms with van der Waals surface area (Å²) in [6.07, 6.45) is 2.00. The van der Waals surface area contributed by atoms with Gasteiger partial charge in [-0.3, -0.25) is 19.3 Å². The molecule has 0 unspecified atom stereocenters. The second kappa shape index (κ2) is 9.63. The Morgan fingerprint density at radius 1 is 1.03 bits per heavy atom. The summed E-state index contributed by atoms with van der Waals surface area (Å²) in [6, 6.07) is 21.6. The number of nitrogens with one attached hydrogen (secondary N) is 2. The van der Waals surface area contributed by atoms with E-state index in [9.17, 15) is 14.4 Å². The summed E-state index contributed by atoms with van der Waals surface area (Å²) in [4.78, 5) is 44.1. The van der Waals surface area contributed by atoms with Crippen LogP contribution in [-0.4, -0.2) is 40.1 Å². The molecule has 9 heteroatoms. The molecule has 0 spiro atoms. The zero-order chi connectivity index (χ0) is 24.4. The first-order chi connectivity index (χ1) is 17.0. The molecule has 1 aromatic heterocycles. The molecule has 3 amide bonds. The summed E-state index contributed by atoms with van der Waals surface area (Å²) >= 11 is 1.65. The van der Waals surface area contributed by atoms with Crippen LogP contribution in [0.3, 0.4) is 0 Å². The van der Waals surface area contributed by atoms with Gasteiger partial charge in [-0.15, -0.1) is 0 Å². The number of hydrogen-bond acceptors (Lipinski definition) is 5. The van der Waals surface area contributed by atoms with E-state index < -0.39 is 0 Å². The van der Waals surface area contributed by atoms with Gasteiger partial charge in [0.15, 0.2) is 0 Å². The number of fused-ring (bicyclic) bond motifs is 2. The molecule has 3 aromatic carbocycles. The minimum absolute atomic E-state index is 0.0500. The van der Waals surface area contributed by atoms with Gasteiger partial charge in [0.2, 0.25) is 11.8 Å². The molecule has 0 fully saturated rings. The van der Waals surface area contributed by atoms with E-state index in [1.54, 1.807) is 54.2 Å². The molecular formula is C26H23N5O3S. The highest BCUT2D eigenvalue weighted by Crippen LogP contribution is 2.30. The fraction of sp³-hybridized carbons (Fsp3) is 0.154. The first-order valence-electron chi connectivity index (χ1n) is 11.1. The number of hydrogen-bond donors (Lipinski definition) is 2. The number of benzene rings is 3. The Bertz CT molecular complexity index is 1430. The topological polar surface area (TPSA) is 96.3 Å². The molecule has 0 aliphatic carbocycles. The van der Waals surface area contributed by atoms with Crippen molar-refractivity contribution in [2.75, 3.05) is 28.3 Å². The molecule has 8 nitrogen and oxygen atoms in total. The van der Waals surface area contributed by atoms with Gasteiger partial charge in [0.05, 0.1) is 28.2 Å². The Labute approximate surface area is 206 Å². The average molecular weight is 486 g/mol. The maximum Gasteiger partial charge on any atom is 0.258 e. The number of carbonyl (C=O) groups excluding carboxylic acids is 3. The van der Waals surface area contributed by atoms with Crippen LogP contribution >= 0.6 is 11.8 Å². The van der Waals surface area contributed by atoms with Crippen LogP contribution in [0.5, 0.6) is 0 Å². The van der Waals surface area contributed by atoms with Gasteiger partial charge in [-0.1, -0.05) is 24.3 Å². The summed E-state index contributed by atoms with van der Waals surface area (Å²) in [6.45, 7) is 0.0857. The standard InChI is InChI=1S/C26H23N5O3S/c1-35-16-23-28-19-6-2-4-8-21(19)30(23)14-24(32)27-18-12-10-17(11-13-18)26(34)31-15-25(33)29-20-7-3-5-9-22(20)31/h2-13H,14-16H2,1H3,(H,27,32)(H,29,33). The number of rotatable bonds is 6. The second-order valence-electron chi connectivity index (χ2n) is 8.12. The highest BCUT2D eigenvalue weighted by atomic mass is 32.2. The number of anilines is 3. The third-order valence-corrected chi connectivity index (χ3v) is 6.29. The van der Waals surface area contributed by atoms with E-state index in [-0.39, 0.29) is 30.8 Å². The average Bonchev–Trinajstić information content (AvgIpc) is 3.20. The van der Waals surface area contributed by atoms with Crippen molar-refractivity contribution in [1.29, 1.82) is 0 Å². The first kappa shape index (κ1) is 22.7. The second-order valence-corrected chi connectivity index (χ2v) is 8.98. The van der Waals surface area contributed by atoms with Crippen molar-refractivity contribution < 1.29 is 14.4 Å². The van der Waals surface area contributed by atoms with Gasteiger partial charge in [-0.2, -0.15) is 11.8 Å². The number of amides is 3. The summed E-state index contributed by atoms with van der Waals surface area (Å²) in [7, 11) is 0. The lowest BCUT2D eigenvalue weighted by Gasteiger charge is -2.29. The first-order valence-corrected chi connectivity index (χ1v) is 12.5. The smallest absolute Gasteiger partial charge is 0.258 e. The van der Waals surface area contributed by atoms with Gasteiger partial charge in [-0.05, 0) is 54.8 Å². The number of carbonyl (C=O) groups is 3. The van der Waals surface area contributed by atoms with Gasteiger partial charge >= 0.3 is 0 Å². The third kappa shape index (κ3) is 4.63. The van der Waals surface area contributed by atoms with Crippen LogP contribution in [0.25, 0.3) is 11.0 Å². The Kier molecular flexibility index (Phi) is 6.24. The molecule has 4 aromatic rings. The molecule has 0 atom stereocenters. The van der Waals surface area contributed by atoms with E-state index >= 15 is 0 Å². The van der Waals surface area contributed by atoms with Crippen molar-refractivity contribution in [2.45, 2.75) is 12.3 Å². The van der Waals surface area contributed by atoms with E-state index in [4.69, 9.17) is 0 Å². The van der Waals surface area contributed by atoms with Crippen LogP contribution in [0.2, 0.25) is 0 Å². The molecule has 0 saturated carbocycles. The number of thioether (sulfide) groups is 1. The van der Waals surface area contributed by atoms with E-state index in [2.05, 4.69) is 15.6 Å². The van der Waals surface area contributed by atoms with Gasteiger partial charge in [0.25, 0.3) is 5.91 Å². The fourth-order valence-electron chi connectivity index (χ4n) is 4.15. The molecule has 5 rings (SSSR count). The van der Waals surface area contributed by atoms with Crippen LogP contribution in [0.15, 0.2) is 72.8 Å². The zero-order valence-electron chi connectivity index (χ0n) is 19.0. The Morgan fingerprint density at radius 3 is 2.57 bits per heavy atom. The normalized spacial score (nSPS) is 12.8. The molecule has 35 heavy (non-hydrogen) atoms. The summed E-state index contributed by atoms with van der Waals surface area (Å²) < 4.78 is 1.93. The van der Waals surface area contributed by atoms with Crippen LogP contribution in [0, 0.1) is 0 Å². The number of para-hydroxylation sites is 4. The van der Waals surface area contributed by atoms with E-state index in [0.29, 0.717) is 28.4 Å². The Morgan fingerprint density at radius 2 is 1.77 bits per heavy atom. The number of nitrogens with zero attached hydrogens (tertiary/aromatic N) is 3.